The molecule has 3 heteroatoms. The van der Waals surface area contributed by atoms with Gasteiger partial charge in [-0.1, -0.05) is 61.6 Å². The van der Waals surface area contributed by atoms with Crippen molar-refractivity contribution in [2.75, 3.05) is 0 Å². The van der Waals surface area contributed by atoms with Crippen LogP contribution in [0.5, 0.6) is 0 Å². The van der Waals surface area contributed by atoms with Gasteiger partial charge in [0.05, 0.1) is 10.9 Å². The van der Waals surface area contributed by atoms with Gasteiger partial charge in [-0.05, 0) is 70.1 Å². The van der Waals surface area contributed by atoms with Gasteiger partial charge >= 0.3 is 0 Å². The molecule has 3 heterocycles. The fourth-order valence-electron chi connectivity index (χ4n) is 6.43. The van der Waals surface area contributed by atoms with Crippen LogP contribution >= 0.6 is 0 Å². The number of hydrogen-bond acceptors (Lipinski definition) is 1. The molecular formula is C32H28NOSi+. The summed E-state index contributed by atoms with van der Waals surface area (Å²) in [6, 6.07) is 26.7. The number of furan rings is 1. The van der Waals surface area contributed by atoms with E-state index in [9.17, 15) is 0 Å². The molecule has 2 aromatic heterocycles. The third-order valence-electron chi connectivity index (χ3n) is 8.26. The van der Waals surface area contributed by atoms with Crippen LogP contribution in [-0.4, -0.2) is 8.07 Å². The molecule has 0 radical (unpaired) electrons. The summed E-state index contributed by atoms with van der Waals surface area (Å²) < 4.78 is 8.83. The van der Waals surface area contributed by atoms with Gasteiger partial charge < -0.3 is 4.42 Å². The van der Waals surface area contributed by atoms with E-state index < -0.39 is 8.07 Å². The molecule has 170 valence electrons. The maximum absolute atomic E-state index is 6.56. The SMILES string of the molecule is Cc1cc2c(oc3ccccc32)c(-c2c3ccc4c(c3cc[n+]2C)[Si](C)(C)c2ccccc2-4)c1C. The molecule has 1 aliphatic heterocycles. The summed E-state index contributed by atoms with van der Waals surface area (Å²) in [6.45, 7) is 9.45. The number of para-hydroxylation sites is 1. The first-order chi connectivity index (χ1) is 16.9. The molecule has 1 aliphatic rings. The standard InChI is InChI=1S/C32H28NOSi/c1-19-18-26-21-10-6-8-12-27(21)34-31(26)29(20(19)2)30-23-14-15-24-22-11-7-9-13-28(22)35(4,5)32(24)25(23)16-17-33(30)3/h6-18H,1-5H3/q+1. The summed E-state index contributed by atoms with van der Waals surface area (Å²) in [5, 5.41) is 8.16. The second-order valence-corrected chi connectivity index (χ2v) is 14.9. The maximum atomic E-state index is 6.56. The fraction of sp³-hybridized carbons (Fsp3) is 0.156. The lowest BCUT2D eigenvalue weighted by Crippen LogP contribution is -2.49. The molecule has 7 rings (SSSR count). The molecule has 0 N–H and O–H groups in total. The van der Waals surface area contributed by atoms with Crippen molar-refractivity contribution < 1.29 is 8.98 Å². The number of aromatic nitrogens is 1. The van der Waals surface area contributed by atoms with E-state index in [-0.39, 0.29) is 0 Å². The smallest absolute Gasteiger partial charge is 0.224 e. The van der Waals surface area contributed by atoms with Crippen molar-refractivity contribution in [3.63, 3.8) is 0 Å². The van der Waals surface area contributed by atoms with Gasteiger partial charge in [-0.25, -0.2) is 4.57 Å². The van der Waals surface area contributed by atoms with E-state index in [1.807, 2.05) is 0 Å². The van der Waals surface area contributed by atoms with Crippen LogP contribution in [-0.2, 0) is 7.05 Å². The molecular weight excluding hydrogens is 442 g/mol. The summed E-state index contributed by atoms with van der Waals surface area (Å²) in [5.74, 6) is 0. The highest BCUT2D eigenvalue weighted by molar-refractivity contribution is 7.05. The van der Waals surface area contributed by atoms with Gasteiger partial charge in [-0.15, -0.1) is 0 Å². The zero-order valence-corrected chi connectivity index (χ0v) is 21.9. The Morgan fingerprint density at radius 3 is 2.37 bits per heavy atom. The Morgan fingerprint density at radius 2 is 1.51 bits per heavy atom. The summed E-state index contributed by atoms with van der Waals surface area (Å²) in [7, 11) is 0.338. The van der Waals surface area contributed by atoms with Gasteiger partial charge in [-0.2, -0.15) is 0 Å². The minimum absolute atomic E-state index is 0.946. The van der Waals surface area contributed by atoms with E-state index in [0.717, 1.165) is 11.2 Å². The number of benzene rings is 4. The Morgan fingerprint density at radius 1 is 0.743 bits per heavy atom. The Balaban J connectivity index is 1.63. The lowest BCUT2D eigenvalue weighted by Gasteiger charge is -2.21. The van der Waals surface area contributed by atoms with Gasteiger partial charge in [0.25, 0.3) is 0 Å². The maximum Gasteiger partial charge on any atom is 0.224 e. The van der Waals surface area contributed by atoms with Crippen molar-refractivity contribution in [1.82, 2.24) is 0 Å². The third-order valence-corrected chi connectivity index (χ3v) is 11.8. The molecule has 0 bridgehead atoms. The highest BCUT2D eigenvalue weighted by atomic mass is 28.3. The lowest BCUT2D eigenvalue weighted by atomic mass is 9.93. The molecule has 4 aromatic carbocycles. The van der Waals surface area contributed by atoms with Gasteiger partial charge in [-0.3, -0.25) is 0 Å². The molecule has 35 heavy (non-hydrogen) atoms. The van der Waals surface area contributed by atoms with Crippen LogP contribution in [0.3, 0.4) is 0 Å². The van der Waals surface area contributed by atoms with Crippen molar-refractivity contribution >= 4 is 51.2 Å². The monoisotopic (exact) mass is 470 g/mol. The van der Waals surface area contributed by atoms with Crippen LogP contribution in [0.25, 0.3) is 55.1 Å². The summed E-state index contributed by atoms with van der Waals surface area (Å²) >= 11 is 0. The predicted molar refractivity (Wildman–Crippen MR) is 149 cm³/mol. The van der Waals surface area contributed by atoms with Crippen molar-refractivity contribution in [2.45, 2.75) is 26.9 Å². The van der Waals surface area contributed by atoms with Crippen molar-refractivity contribution in [3.8, 4) is 22.4 Å². The van der Waals surface area contributed by atoms with Gasteiger partial charge in [0.2, 0.25) is 5.69 Å². The normalized spacial score (nSPS) is 14.1. The molecule has 0 unspecified atom stereocenters. The van der Waals surface area contributed by atoms with Crippen molar-refractivity contribution in [2.24, 2.45) is 7.05 Å². The second-order valence-electron chi connectivity index (χ2n) is 10.6. The summed E-state index contributed by atoms with van der Waals surface area (Å²) in [5.41, 5.74) is 9.77. The van der Waals surface area contributed by atoms with Crippen LogP contribution in [0.15, 0.2) is 83.4 Å². The van der Waals surface area contributed by atoms with E-state index in [1.165, 1.54) is 55.1 Å². The average Bonchev–Trinajstić information content (AvgIpc) is 3.33. The van der Waals surface area contributed by atoms with Crippen LogP contribution < -0.4 is 14.9 Å². The molecule has 0 aliphatic carbocycles. The van der Waals surface area contributed by atoms with Gasteiger partial charge in [0.15, 0.2) is 6.20 Å². The van der Waals surface area contributed by atoms with Crippen molar-refractivity contribution in [1.29, 1.82) is 0 Å². The molecule has 2 nitrogen and oxygen atoms in total. The van der Waals surface area contributed by atoms with Crippen LogP contribution in [0.4, 0.5) is 0 Å². The highest BCUT2D eigenvalue weighted by Gasteiger charge is 2.39. The molecule has 0 saturated heterocycles. The van der Waals surface area contributed by atoms with Crippen LogP contribution in [0, 0.1) is 13.8 Å². The fourth-order valence-corrected chi connectivity index (χ4v) is 9.88. The number of pyridine rings is 1. The lowest BCUT2D eigenvalue weighted by molar-refractivity contribution is -0.659. The predicted octanol–water partition coefficient (Wildman–Crippen LogP) is 6.65. The first-order valence-corrected chi connectivity index (χ1v) is 15.4. The Bertz CT molecular complexity index is 1860. The molecule has 6 aromatic rings. The zero-order valence-electron chi connectivity index (χ0n) is 20.9. The van der Waals surface area contributed by atoms with Crippen LogP contribution in [0.2, 0.25) is 13.1 Å². The number of fused-ring (bicyclic) bond motifs is 8. The van der Waals surface area contributed by atoms with Gasteiger partial charge in [0.1, 0.15) is 26.3 Å². The number of hydrogen-bond donors (Lipinski definition) is 0. The number of nitrogens with zero attached hydrogens (tertiary/aromatic N) is 1. The zero-order chi connectivity index (χ0) is 24.1. The molecule has 0 atom stereocenters. The van der Waals surface area contributed by atoms with Gasteiger partial charge in [0, 0.05) is 16.8 Å². The molecule has 0 amide bonds. The Labute approximate surface area is 206 Å². The van der Waals surface area contributed by atoms with E-state index in [2.05, 4.69) is 118 Å². The summed E-state index contributed by atoms with van der Waals surface area (Å²) in [6.07, 6.45) is 2.24. The van der Waals surface area contributed by atoms with E-state index in [0.29, 0.717) is 0 Å². The first kappa shape index (κ1) is 20.7. The largest absolute Gasteiger partial charge is 0.455 e. The van der Waals surface area contributed by atoms with E-state index in [1.54, 1.807) is 10.4 Å². The average molecular weight is 471 g/mol. The molecule has 0 fully saturated rings. The molecule has 0 spiro atoms. The number of rotatable bonds is 1. The highest BCUT2D eigenvalue weighted by Crippen LogP contribution is 2.41. The van der Waals surface area contributed by atoms with E-state index in [4.69, 9.17) is 4.42 Å². The van der Waals surface area contributed by atoms with Crippen LogP contribution in [0.1, 0.15) is 11.1 Å². The van der Waals surface area contributed by atoms with E-state index >= 15 is 0 Å². The first-order valence-electron chi connectivity index (χ1n) is 12.4. The number of aryl methyl sites for hydroxylation is 2. The Hall–Kier alpha value is -3.69. The topological polar surface area (TPSA) is 17.0 Å². The summed E-state index contributed by atoms with van der Waals surface area (Å²) in [4.78, 5) is 0. The quantitative estimate of drug-likeness (QED) is 0.194. The molecule has 0 saturated carbocycles. The minimum Gasteiger partial charge on any atom is -0.455 e. The Kier molecular flexibility index (Phi) is 4.09. The van der Waals surface area contributed by atoms with Crippen molar-refractivity contribution in [3.05, 3.63) is 90.1 Å². The second kappa shape index (κ2) is 6.93. The minimum atomic E-state index is -1.82. The third kappa shape index (κ3) is 2.62.